The highest BCUT2D eigenvalue weighted by molar-refractivity contribution is 7.99. The average Bonchev–Trinajstić information content (AvgIpc) is 2.80. The first-order chi connectivity index (χ1) is 7.75. The molecule has 0 bridgehead atoms. The van der Waals surface area contributed by atoms with Gasteiger partial charge in [-0.2, -0.15) is 11.8 Å². The summed E-state index contributed by atoms with van der Waals surface area (Å²) in [6.45, 7) is 0.838. The number of nitrogens with zero attached hydrogens (tertiary/aromatic N) is 3. The zero-order valence-corrected chi connectivity index (χ0v) is 9.44. The van der Waals surface area contributed by atoms with Gasteiger partial charge < -0.3 is 5.32 Å². The van der Waals surface area contributed by atoms with E-state index in [0.717, 1.165) is 6.54 Å². The molecule has 0 aliphatic carbocycles. The predicted octanol–water partition coefficient (Wildman–Crippen LogP) is 1.55. The lowest BCUT2D eigenvalue weighted by molar-refractivity contribution is -0.385. The van der Waals surface area contributed by atoms with E-state index in [2.05, 4.69) is 15.3 Å². The number of rotatable bonds is 4. The summed E-state index contributed by atoms with van der Waals surface area (Å²) in [5, 5.41) is 13.5. The van der Waals surface area contributed by atoms with Crippen molar-refractivity contribution in [3.63, 3.8) is 0 Å². The minimum Gasteiger partial charge on any atom is -0.354 e. The number of nitrogens with one attached hydrogen (secondary N) is 1. The maximum Gasteiger partial charge on any atom is 0.305 e. The molecule has 0 saturated carbocycles. The minimum atomic E-state index is -0.503. The molecule has 1 aromatic heterocycles. The van der Waals surface area contributed by atoms with E-state index in [1.807, 2.05) is 11.8 Å². The number of nitro groups is 1. The van der Waals surface area contributed by atoms with Crippen molar-refractivity contribution < 1.29 is 4.92 Å². The van der Waals surface area contributed by atoms with Gasteiger partial charge in [0.1, 0.15) is 12.4 Å². The van der Waals surface area contributed by atoms with Gasteiger partial charge in [0.25, 0.3) is 0 Å². The van der Waals surface area contributed by atoms with E-state index in [0.29, 0.717) is 11.9 Å². The number of hydrogen-bond donors (Lipinski definition) is 1. The van der Waals surface area contributed by atoms with Crippen LogP contribution in [0.25, 0.3) is 0 Å². The molecular weight excluding hydrogens is 228 g/mol. The summed E-state index contributed by atoms with van der Waals surface area (Å²) in [5.74, 6) is 3.50. The van der Waals surface area contributed by atoms with Crippen molar-refractivity contribution in [1.29, 1.82) is 0 Å². The van der Waals surface area contributed by atoms with Gasteiger partial charge in [-0.25, -0.2) is 9.97 Å². The van der Waals surface area contributed by atoms with Gasteiger partial charge in [0.05, 0.1) is 4.92 Å². The molecule has 1 aliphatic heterocycles. The second-order valence-electron chi connectivity index (χ2n) is 3.63. The Labute approximate surface area is 97.0 Å². The third kappa shape index (κ3) is 2.82. The first-order valence-corrected chi connectivity index (χ1v) is 6.19. The number of aromatic nitrogens is 2. The largest absolute Gasteiger partial charge is 0.354 e. The van der Waals surface area contributed by atoms with E-state index in [-0.39, 0.29) is 5.69 Å². The van der Waals surface area contributed by atoms with Gasteiger partial charge >= 0.3 is 5.69 Å². The third-order valence-electron chi connectivity index (χ3n) is 2.42. The van der Waals surface area contributed by atoms with Gasteiger partial charge in [-0.15, -0.1) is 0 Å². The molecule has 0 amide bonds. The SMILES string of the molecule is O=[N+]([O-])c1cnc(NCC2CCSC2)nc1. The van der Waals surface area contributed by atoms with Crippen LogP contribution in [0.4, 0.5) is 11.6 Å². The molecular formula is C9H12N4O2S. The first kappa shape index (κ1) is 11.1. The highest BCUT2D eigenvalue weighted by Gasteiger charge is 2.15. The number of thioether (sulfide) groups is 1. The Morgan fingerprint density at radius 3 is 2.88 bits per heavy atom. The van der Waals surface area contributed by atoms with Crippen molar-refractivity contribution in [3.05, 3.63) is 22.5 Å². The standard InChI is InChI=1S/C9H12N4O2S/c14-13(15)8-4-11-9(12-5-8)10-3-7-1-2-16-6-7/h4-5,7H,1-3,6H2,(H,10,11,12). The molecule has 1 saturated heterocycles. The molecule has 16 heavy (non-hydrogen) atoms. The summed E-state index contributed by atoms with van der Waals surface area (Å²) in [6.07, 6.45) is 3.65. The summed E-state index contributed by atoms with van der Waals surface area (Å²) in [5.41, 5.74) is -0.0815. The quantitative estimate of drug-likeness (QED) is 0.635. The molecule has 1 aromatic rings. The van der Waals surface area contributed by atoms with Crippen LogP contribution in [0.2, 0.25) is 0 Å². The van der Waals surface area contributed by atoms with Crippen LogP contribution in [0.15, 0.2) is 12.4 Å². The Morgan fingerprint density at radius 1 is 1.56 bits per heavy atom. The van der Waals surface area contributed by atoms with E-state index in [9.17, 15) is 10.1 Å². The topological polar surface area (TPSA) is 81.0 Å². The van der Waals surface area contributed by atoms with Crippen molar-refractivity contribution >= 4 is 23.4 Å². The van der Waals surface area contributed by atoms with Crippen molar-refractivity contribution in [2.24, 2.45) is 5.92 Å². The third-order valence-corrected chi connectivity index (χ3v) is 3.65. The van der Waals surface area contributed by atoms with Crippen molar-refractivity contribution in [1.82, 2.24) is 9.97 Å². The molecule has 2 heterocycles. The zero-order chi connectivity index (χ0) is 11.4. The first-order valence-electron chi connectivity index (χ1n) is 5.04. The van der Waals surface area contributed by atoms with Gasteiger partial charge in [0.2, 0.25) is 5.95 Å². The lowest BCUT2D eigenvalue weighted by Crippen LogP contribution is -2.15. The second kappa shape index (κ2) is 5.11. The van der Waals surface area contributed by atoms with Crippen LogP contribution < -0.4 is 5.32 Å². The maximum atomic E-state index is 10.4. The Bertz CT molecular complexity index is 364. The van der Waals surface area contributed by atoms with Crippen LogP contribution >= 0.6 is 11.8 Å². The van der Waals surface area contributed by atoms with Crippen molar-refractivity contribution in [2.45, 2.75) is 6.42 Å². The Hall–Kier alpha value is -1.37. The van der Waals surface area contributed by atoms with Crippen LogP contribution in [-0.2, 0) is 0 Å². The number of hydrogen-bond acceptors (Lipinski definition) is 6. The van der Waals surface area contributed by atoms with Crippen molar-refractivity contribution in [2.75, 3.05) is 23.4 Å². The lowest BCUT2D eigenvalue weighted by atomic mass is 10.1. The summed E-state index contributed by atoms with van der Waals surface area (Å²) in [6, 6.07) is 0. The normalized spacial score (nSPS) is 19.6. The molecule has 6 nitrogen and oxygen atoms in total. The molecule has 1 fully saturated rings. The maximum absolute atomic E-state index is 10.4. The van der Waals surface area contributed by atoms with E-state index in [4.69, 9.17) is 0 Å². The van der Waals surface area contributed by atoms with E-state index >= 15 is 0 Å². The number of anilines is 1. The van der Waals surface area contributed by atoms with E-state index < -0.39 is 4.92 Å². The summed E-state index contributed by atoms with van der Waals surface area (Å²) in [4.78, 5) is 17.7. The zero-order valence-electron chi connectivity index (χ0n) is 8.63. The fourth-order valence-corrected chi connectivity index (χ4v) is 2.77. The van der Waals surface area contributed by atoms with Gasteiger partial charge in [-0.05, 0) is 23.8 Å². The van der Waals surface area contributed by atoms with Crippen LogP contribution in [0, 0.1) is 16.0 Å². The average molecular weight is 240 g/mol. The molecule has 1 atom stereocenters. The highest BCUT2D eigenvalue weighted by Crippen LogP contribution is 2.23. The minimum absolute atomic E-state index is 0.0815. The molecule has 1 unspecified atom stereocenters. The fourth-order valence-electron chi connectivity index (χ4n) is 1.49. The van der Waals surface area contributed by atoms with Crippen LogP contribution in [0.3, 0.4) is 0 Å². The molecule has 0 spiro atoms. The Balaban J connectivity index is 1.87. The summed E-state index contributed by atoms with van der Waals surface area (Å²) in [7, 11) is 0. The Kier molecular flexibility index (Phi) is 3.55. The van der Waals surface area contributed by atoms with Gasteiger partial charge in [-0.1, -0.05) is 0 Å². The molecule has 0 radical (unpaired) electrons. The van der Waals surface area contributed by atoms with Crippen LogP contribution in [0.1, 0.15) is 6.42 Å². The van der Waals surface area contributed by atoms with Gasteiger partial charge in [-0.3, -0.25) is 10.1 Å². The van der Waals surface area contributed by atoms with Crippen LogP contribution in [-0.4, -0.2) is 32.9 Å². The van der Waals surface area contributed by atoms with Gasteiger partial charge in [0, 0.05) is 6.54 Å². The summed E-state index contributed by atoms with van der Waals surface area (Å²) < 4.78 is 0. The van der Waals surface area contributed by atoms with E-state index in [1.165, 1.54) is 30.3 Å². The molecule has 0 aromatic carbocycles. The monoisotopic (exact) mass is 240 g/mol. The molecule has 7 heteroatoms. The Morgan fingerprint density at radius 2 is 2.31 bits per heavy atom. The molecule has 1 N–H and O–H groups in total. The molecule has 2 rings (SSSR count). The highest BCUT2D eigenvalue weighted by atomic mass is 32.2. The fraction of sp³-hybridized carbons (Fsp3) is 0.556. The summed E-state index contributed by atoms with van der Waals surface area (Å²) >= 11 is 1.95. The molecule has 86 valence electrons. The van der Waals surface area contributed by atoms with Crippen molar-refractivity contribution in [3.8, 4) is 0 Å². The molecule has 1 aliphatic rings. The smallest absolute Gasteiger partial charge is 0.305 e. The predicted molar refractivity (Wildman–Crippen MR) is 62.6 cm³/mol. The second-order valence-corrected chi connectivity index (χ2v) is 4.78. The van der Waals surface area contributed by atoms with E-state index in [1.54, 1.807) is 0 Å². The lowest BCUT2D eigenvalue weighted by Gasteiger charge is -2.08. The van der Waals surface area contributed by atoms with Crippen LogP contribution in [0.5, 0.6) is 0 Å². The van der Waals surface area contributed by atoms with Gasteiger partial charge in [0.15, 0.2) is 0 Å².